The molecule has 4 rings (SSSR count). The highest BCUT2D eigenvalue weighted by molar-refractivity contribution is 5.78. The van der Waals surface area contributed by atoms with Crippen molar-refractivity contribution in [3.8, 4) is 11.6 Å². The summed E-state index contributed by atoms with van der Waals surface area (Å²) < 4.78 is 11.4. The molecule has 28 heavy (non-hydrogen) atoms. The minimum atomic E-state index is -0.298. The highest BCUT2D eigenvalue weighted by Crippen LogP contribution is 2.36. The van der Waals surface area contributed by atoms with Gasteiger partial charge in [-0.3, -0.25) is 9.69 Å². The van der Waals surface area contributed by atoms with Gasteiger partial charge in [0, 0.05) is 50.9 Å². The number of nitrogens with zero attached hydrogens (tertiary/aromatic N) is 3. The minimum Gasteiger partial charge on any atom is -0.464 e. The van der Waals surface area contributed by atoms with Crippen LogP contribution in [-0.4, -0.2) is 67.1 Å². The van der Waals surface area contributed by atoms with Crippen LogP contribution >= 0.6 is 0 Å². The van der Waals surface area contributed by atoms with E-state index >= 15 is 0 Å². The van der Waals surface area contributed by atoms with E-state index in [-0.39, 0.29) is 11.9 Å². The number of piperazine rings is 1. The van der Waals surface area contributed by atoms with Crippen LogP contribution in [0, 0.1) is 0 Å². The first-order valence-corrected chi connectivity index (χ1v) is 9.92. The first-order chi connectivity index (χ1) is 13.6. The summed E-state index contributed by atoms with van der Waals surface area (Å²) in [5.41, 5.74) is 3.10. The van der Waals surface area contributed by atoms with E-state index in [1.54, 1.807) is 6.20 Å². The molecule has 1 aromatic heterocycles. The van der Waals surface area contributed by atoms with Crippen LogP contribution in [0.5, 0.6) is 11.6 Å². The van der Waals surface area contributed by atoms with Crippen LogP contribution in [0.15, 0.2) is 36.5 Å². The molecule has 2 aliphatic heterocycles. The van der Waals surface area contributed by atoms with Crippen molar-refractivity contribution in [2.75, 3.05) is 46.4 Å². The lowest BCUT2D eigenvalue weighted by molar-refractivity contribution is -0.145. The van der Waals surface area contributed by atoms with Gasteiger partial charge >= 0.3 is 5.97 Å². The van der Waals surface area contributed by atoms with E-state index < -0.39 is 0 Å². The minimum absolute atomic E-state index is 0.173. The quantitative estimate of drug-likeness (QED) is 0.634. The molecule has 0 aliphatic carbocycles. The summed E-state index contributed by atoms with van der Waals surface area (Å²) in [5, 5.41) is 0. The normalized spacial score (nSPS) is 17.9. The van der Waals surface area contributed by atoms with Crippen LogP contribution in [0.4, 0.5) is 0 Å². The molecule has 0 saturated carbocycles. The number of carbonyl (C=O) groups is 1. The summed E-state index contributed by atoms with van der Waals surface area (Å²) in [6.07, 6.45) is 2.50. The van der Waals surface area contributed by atoms with Crippen molar-refractivity contribution in [1.82, 2.24) is 14.8 Å². The van der Waals surface area contributed by atoms with Crippen molar-refractivity contribution in [3.63, 3.8) is 0 Å². The molecule has 0 amide bonds. The molecular formula is C22H27N3O3. The van der Waals surface area contributed by atoms with Gasteiger partial charge in [-0.25, -0.2) is 4.98 Å². The van der Waals surface area contributed by atoms with E-state index in [1.165, 1.54) is 0 Å². The van der Waals surface area contributed by atoms with Crippen molar-refractivity contribution in [1.29, 1.82) is 0 Å². The molecule has 1 aromatic carbocycles. The molecule has 0 bridgehead atoms. The summed E-state index contributed by atoms with van der Waals surface area (Å²) in [6.45, 7) is 7.35. The third-order valence-electron chi connectivity index (χ3n) is 5.62. The van der Waals surface area contributed by atoms with Gasteiger partial charge in [-0.15, -0.1) is 0 Å². The van der Waals surface area contributed by atoms with Crippen molar-refractivity contribution in [2.45, 2.75) is 19.3 Å². The largest absolute Gasteiger partial charge is 0.464 e. The molecule has 6 heteroatoms. The number of ether oxygens (including phenoxy) is 2. The van der Waals surface area contributed by atoms with Gasteiger partial charge in [0.1, 0.15) is 12.4 Å². The molecule has 1 unspecified atom stereocenters. The van der Waals surface area contributed by atoms with Crippen molar-refractivity contribution < 1.29 is 14.3 Å². The lowest BCUT2D eigenvalue weighted by atomic mass is 9.95. The Bertz CT molecular complexity index is 847. The van der Waals surface area contributed by atoms with Crippen LogP contribution in [0.1, 0.15) is 29.5 Å². The van der Waals surface area contributed by atoms with Gasteiger partial charge in [0.2, 0.25) is 5.88 Å². The molecule has 0 radical (unpaired) electrons. The summed E-state index contributed by atoms with van der Waals surface area (Å²) in [7, 11) is 2.14. The first kappa shape index (κ1) is 18.9. The molecule has 1 atom stereocenters. The second-order valence-electron chi connectivity index (χ2n) is 7.65. The lowest BCUT2D eigenvalue weighted by Gasteiger charge is -2.32. The van der Waals surface area contributed by atoms with E-state index in [4.69, 9.17) is 9.47 Å². The van der Waals surface area contributed by atoms with E-state index in [2.05, 4.69) is 27.9 Å². The molecule has 1 fully saturated rings. The molecule has 2 aromatic rings. The second-order valence-corrected chi connectivity index (χ2v) is 7.65. The number of carbonyl (C=O) groups excluding carboxylic acids is 1. The fraction of sp³-hybridized carbons (Fsp3) is 0.455. The number of likely N-dealkylation sites (N-methyl/N-ethyl adjacent to an activating group) is 1. The highest BCUT2D eigenvalue weighted by Gasteiger charge is 2.22. The zero-order valence-corrected chi connectivity index (χ0v) is 16.6. The molecule has 6 nitrogen and oxygen atoms in total. The van der Waals surface area contributed by atoms with Gasteiger partial charge in [0.15, 0.2) is 0 Å². The van der Waals surface area contributed by atoms with E-state index in [0.29, 0.717) is 12.5 Å². The van der Waals surface area contributed by atoms with Crippen LogP contribution in [-0.2, 0) is 16.0 Å². The van der Waals surface area contributed by atoms with Crippen molar-refractivity contribution in [3.05, 3.63) is 53.2 Å². The number of hydrogen-bond donors (Lipinski definition) is 0. The number of benzene rings is 1. The summed E-state index contributed by atoms with van der Waals surface area (Å²) in [5.74, 6) is 1.01. The van der Waals surface area contributed by atoms with Gasteiger partial charge < -0.3 is 14.4 Å². The lowest BCUT2D eigenvalue weighted by Crippen LogP contribution is -2.45. The maximum absolute atomic E-state index is 12.5. The third kappa shape index (κ3) is 4.18. The Hall–Kier alpha value is -2.44. The molecule has 148 valence electrons. The van der Waals surface area contributed by atoms with Crippen LogP contribution < -0.4 is 4.74 Å². The molecule has 3 heterocycles. The topological polar surface area (TPSA) is 54.9 Å². The van der Waals surface area contributed by atoms with E-state index in [1.807, 2.05) is 31.2 Å². The Morgan fingerprint density at radius 1 is 1.21 bits per heavy atom. The monoisotopic (exact) mass is 381 g/mol. The Labute approximate surface area is 166 Å². The number of esters is 1. The fourth-order valence-electron chi connectivity index (χ4n) is 3.67. The van der Waals surface area contributed by atoms with Crippen molar-refractivity contribution in [2.24, 2.45) is 0 Å². The van der Waals surface area contributed by atoms with Crippen LogP contribution in [0.2, 0.25) is 0 Å². The van der Waals surface area contributed by atoms with Crippen LogP contribution in [0.3, 0.4) is 0 Å². The summed E-state index contributed by atoms with van der Waals surface area (Å²) >= 11 is 0. The third-order valence-corrected chi connectivity index (χ3v) is 5.62. The van der Waals surface area contributed by atoms with Gasteiger partial charge in [-0.05, 0) is 37.2 Å². The fourth-order valence-corrected chi connectivity index (χ4v) is 3.67. The molecule has 2 aliphatic rings. The first-order valence-electron chi connectivity index (χ1n) is 9.92. The predicted octanol–water partition coefficient (Wildman–Crippen LogP) is 2.67. The maximum Gasteiger partial charge on any atom is 0.313 e. The SMILES string of the molecule is CC(C(=O)OCCN1CCN(C)CC1)c1ccc2c(c1)Cc1cccnc1O2. The standard InChI is InChI=1S/C22H27N3O3/c1-16(22(26)27-13-12-25-10-8-24(2)9-11-25)17-5-6-20-19(14-17)15-18-4-3-7-23-21(18)28-20/h3-7,14,16H,8-13,15H2,1-2H3. The van der Waals surface area contributed by atoms with Gasteiger partial charge in [-0.1, -0.05) is 18.2 Å². The highest BCUT2D eigenvalue weighted by atomic mass is 16.5. The van der Waals surface area contributed by atoms with Gasteiger partial charge in [0.05, 0.1) is 5.92 Å². The average Bonchev–Trinajstić information content (AvgIpc) is 2.72. The van der Waals surface area contributed by atoms with Crippen molar-refractivity contribution >= 4 is 5.97 Å². The number of aromatic nitrogens is 1. The van der Waals surface area contributed by atoms with Gasteiger partial charge in [0.25, 0.3) is 0 Å². The number of pyridine rings is 1. The zero-order chi connectivity index (χ0) is 19.5. The number of hydrogen-bond acceptors (Lipinski definition) is 6. The van der Waals surface area contributed by atoms with Crippen LogP contribution in [0.25, 0.3) is 0 Å². The number of fused-ring (bicyclic) bond motifs is 2. The second kappa shape index (κ2) is 8.29. The molecule has 0 N–H and O–H groups in total. The Balaban J connectivity index is 1.33. The molecular weight excluding hydrogens is 354 g/mol. The Morgan fingerprint density at radius 3 is 2.86 bits per heavy atom. The predicted molar refractivity (Wildman–Crippen MR) is 107 cm³/mol. The summed E-state index contributed by atoms with van der Waals surface area (Å²) in [4.78, 5) is 21.5. The average molecular weight is 381 g/mol. The Morgan fingerprint density at radius 2 is 2.04 bits per heavy atom. The number of rotatable bonds is 5. The van der Waals surface area contributed by atoms with Gasteiger partial charge in [-0.2, -0.15) is 0 Å². The maximum atomic E-state index is 12.5. The Kier molecular flexibility index (Phi) is 5.59. The smallest absolute Gasteiger partial charge is 0.313 e. The summed E-state index contributed by atoms with van der Waals surface area (Å²) in [6, 6.07) is 9.86. The molecule has 0 spiro atoms. The van der Waals surface area contributed by atoms with E-state index in [9.17, 15) is 4.79 Å². The zero-order valence-electron chi connectivity index (χ0n) is 16.6. The van der Waals surface area contributed by atoms with E-state index in [0.717, 1.165) is 61.6 Å². The molecule has 1 saturated heterocycles.